The zero-order valence-corrected chi connectivity index (χ0v) is 13.0. The third-order valence-corrected chi connectivity index (χ3v) is 5.08. The molecule has 0 atom stereocenters. The van der Waals surface area contributed by atoms with E-state index in [2.05, 4.69) is 9.73 Å². The molecule has 1 aromatic carbocycles. The summed E-state index contributed by atoms with van der Waals surface area (Å²) < 4.78 is 24.7. The lowest BCUT2D eigenvalue weighted by atomic mass is 10.2. The first-order valence-corrected chi connectivity index (χ1v) is 8.14. The fraction of sp³-hybridized carbons (Fsp3) is 0.417. The minimum Gasteiger partial charge on any atom is -0.478 e. The number of nitrogens with zero attached hydrogens (tertiary/aromatic N) is 2. The average molecular weight is 334 g/mol. The molecule has 2 rings (SSSR count). The first-order valence-electron chi connectivity index (χ1n) is 6.28. The predicted molar refractivity (Wildman–Crippen MR) is 77.8 cm³/mol. The third-order valence-electron chi connectivity index (χ3n) is 3.22. The van der Waals surface area contributed by atoms with Crippen molar-refractivity contribution in [2.24, 2.45) is 0 Å². The van der Waals surface area contributed by atoms with Crippen molar-refractivity contribution in [3.05, 3.63) is 28.8 Å². The summed E-state index contributed by atoms with van der Waals surface area (Å²) in [6, 6.07) is 3.59. The monoisotopic (exact) mass is 333 g/mol. The lowest BCUT2D eigenvalue weighted by Gasteiger charge is -2.32. The average Bonchev–Trinajstić information content (AvgIpc) is 2.41. The van der Waals surface area contributed by atoms with Gasteiger partial charge in [0.15, 0.2) is 0 Å². The van der Waals surface area contributed by atoms with Gasteiger partial charge in [0.1, 0.15) is 4.90 Å². The number of rotatable bonds is 4. The Kier molecular flexibility index (Phi) is 4.84. The minimum absolute atomic E-state index is 0.0124. The Hall–Kier alpha value is -1.19. The van der Waals surface area contributed by atoms with E-state index in [1.54, 1.807) is 5.01 Å². The van der Waals surface area contributed by atoms with Crippen molar-refractivity contribution in [3.63, 3.8) is 0 Å². The SMILES string of the molecule is CN1CCN(NS(=O)(=O)c2cc(C(=O)O)ccc2Cl)CC1. The number of aromatic carboxylic acids is 1. The van der Waals surface area contributed by atoms with Crippen molar-refractivity contribution in [2.75, 3.05) is 33.2 Å². The van der Waals surface area contributed by atoms with Crippen molar-refractivity contribution in [1.29, 1.82) is 0 Å². The number of hydrazine groups is 1. The second kappa shape index (κ2) is 6.29. The largest absolute Gasteiger partial charge is 0.478 e. The normalized spacial score (nSPS) is 17.8. The Morgan fingerprint density at radius 2 is 1.90 bits per heavy atom. The molecule has 116 valence electrons. The molecular weight excluding hydrogens is 318 g/mol. The van der Waals surface area contributed by atoms with Crippen molar-refractivity contribution < 1.29 is 18.3 Å². The van der Waals surface area contributed by atoms with Crippen molar-refractivity contribution in [1.82, 2.24) is 14.7 Å². The molecule has 0 aromatic heterocycles. The van der Waals surface area contributed by atoms with E-state index in [9.17, 15) is 13.2 Å². The number of sulfonamides is 1. The van der Waals surface area contributed by atoms with Crippen LogP contribution in [0.3, 0.4) is 0 Å². The number of carboxylic acids is 1. The van der Waals surface area contributed by atoms with Gasteiger partial charge in [0.2, 0.25) is 0 Å². The second-order valence-corrected chi connectivity index (χ2v) is 6.87. The summed E-state index contributed by atoms with van der Waals surface area (Å²) in [5.41, 5.74) is -0.127. The van der Waals surface area contributed by atoms with Crippen molar-refractivity contribution in [3.8, 4) is 0 Å². The second-order valence-electron chi connectivity index (χ2n) is 4.84. The van der Waals surface area contributed by atoms with Crippen LogP contribution >= 0.6 is 11.6 Å². The van der Waals surface area contributed by atoms with Gasteiger partial charge in [-0.15, -0.1) is 4.83 Å². The van der Waals surface area contributed by atoms with E-state index in [-0.39, 0.29) is 15.5 Å². The number of hydrogen-bond acceptors (Lipinski definition) is 5. The highest BCUT2D eigenvalue weighted by molar-refractivity contribution is 7.89. The number of carbonyl (C=O) groups is 1. The maximum Gasteiger partial charge on any atom is 0.335 e. The van der Waals surface area contributed by atoms with Gasteiger partial charge in [-0.2, -0.15) is 0 Å². The number of nitrogens with one attached hydrogen (secondary N) is 1. The highest BCUT2D eigenvalue weighted by Crippen LogP contribution is 2.23. The number of halogens is 1. The van der Waals surface area contributed by atoms with Crippen LogP contribution in [-0.4, -0.2) is 62.6 Å². The van der Waals surface area contributed by atoms with E-state index in [1.165, 1.54) is 12.1 Å². The van der Waals surface area contributed by atoms with Gasteiger partial charge in [-0.25, -0.2) is 18.2 Å². The summed E-state index contributed by atoms with van der Waals surface area (Å²) in [7, 11) is -1.94. The number of piperazine rings is 1. The molecule has 1 aliphatic heterocycles. The van der Waals surface area contributed by atoms with Crippen LogP contribution in [0.4, 0.5) is 0 Å². The smallest absolute Gasteiger partial charge is 0.335 e. The Bertz CT molecular complexity index is 642. The molecule has 1 aliphatic rings. The molecule has 9 heteroatoms. The number of hydrogen-bond donors (Lipinski definition) is 2. The summed E-state index contributed by atoms with van der Waals surface area (Å²) in [6.07, 6.45) is 0. The van der Waals surface area contributed by atoms with E-state index in [1.807, 2.05) is 7.05 Å². The Morgan fingerprint density at radius 3 is 2.48 bits per heavy atom. The van der Waals surface area contributed by atoms with Crippen LogP contribution in [0.25, 0.3) is 0 Å². The maximum atomic E-state index is 12.3. The van der Waals surface area contributed by atoms with Gasteiger partial charge < -0.3 is 10.0 Å². The number of benzene rings is 1. The van der Waals surface area contributed by atoms with Crippen LogP contribution in [0, 0.1) is 0 Å². The van der Waals surface area contributed by atoms with Gasteiger partial charge >= 0.3 is 5.97 Å². The summed E-state index contributed by atoms with van der Waals surface area (Å²) in [5, 5.41) is 10.5. The zero-order chi connectivity index (χ0) is 15.6. The highest BCUT2D eigenvalue weighted by atomic mass is 35.5. The molecule has 1 aromatic rings. The maximum absolute atomic E-state index is 12.3. The number of likely N-dealkylation sites (N-methyl/N-ethyl adjacent to an activating group) is 1. The summed E-state index contributed by atoms with van der Waals surface area (Å²) in [4.78, 5) is 15.2. The molecule has 0 bridgehead atoms. The molecule has 1 heterocycles. The van der Waals surface area contributed by atoms with Crippen LogP contribution in [0.5, 0.6) is 0 Å². The number of carboxylic acid groups (broad SMARTS) is 1. The van der Waals surface area contributed by atoms with Crippen molar-refractivity contribution in [2.45, 2.75) is 4.90 Å². The fourth-order valence-corrected chi connectivity index (χ4v) is 3.61. The van der Waals surface area contributed by atoms with Crippen LogP contribution in [0.1, 0.15) is 10.4 Å². The topological polar surface area (TPSA) is 90.0 Å². The van der Waals surface area contributed by atoms with Gasteiger partial charge in [-0.3, -0.25) is 0 Å². The van der Waals surface area contributed by atoms with Gasteiger partial charge in [0.05, 0.1) is 10.6 Å². The van der Waals surface area contributed by atoms with E-state index < -0.39 is 16.0 Å². The van der Waals surface area contributed by atoms with E-state index in [4.69, 9.17) is 16.7 Å². The van der Waals surface area contributed by atoms with Gasteiger partial charge in [-0.05, 0) is 25.2 Å². The van der Waals surface area contributed by atoms with Crippen LogP contribution in [-0.2, 0) is 10.0 Å². The minimum atomic E-state index is -3.90. The first kappa shape index (κ1) is 16.2. The molecule has 1 fully saturated rings. The van der Waals surface area contributed by atoms with Gasteiger partial charge in [-0.1, -0.05) is 11.6 Å². The molecule has 0 radical (unpaired) electrons. The van der Waals surface area contributed by atoms with E-state index >= 15 is 0 Å². The van der Waals surface area contributed by atoms with Gasteiger partial charge in [0, 0.05) is 26.2 Å². The van der Waals surface area contributed by atoms with Gasteiger partial charge in [0.25, 0.3) is 10.0 Å². The fourth-order valence-electron chi connectivity index (χ4n) is 1.96. The molecule has 21 heavy (non-hydrogen) atoms. The third kappa shape index (κ3) is 3.92. The Labute approximate surface area is 128 Å². The summed E-state index contributed by atoms with van der Waals surface area (Å²) >= 11 is 5.89. The summed E-state index contributed by atoms with van der Waals surface area (Å²) in [6.45, 7) is 2.58. The molecule has 2 N–H and O–H groups in total. The highest BCUT2D eigenvalue weighted by Gasteiger charge is 2.24. The predicted octanol–water partition coefficient (Wildman–Crippen LogP) is 0.479. The molecule has 0 spiro atoms. The quantitative estimate of drug-likeness (QED) is 0.833. The lowest BCUT2D eigenvalue weighted by Crippen LogP contribution is -2.52. The molecule has 0 unspecified atom stereocenters. The standard InChI is InChI=1S/C12H16ClN3O4S/c1-15-4-6-16(7-5-15)14-21(19,20)11-8-9(12(17)18)2-3-10(11)13/h2-3,8,14H,4-7H2,1H3,(H,17,18). The first-order chi connectivity index (χ1) is 9.79. The molecule has 1 saturated heterocycles. The van der Waals surface area contributed by atoms with Crippen LogP contribution in [0.2, 0.25) is 5.02 Å². The summed E-state index contributed by atoms with van der Waals surface area (Å²) in [5.74, 6) is -1.21. The Morgan fingerprint density at radius 1 is 1.29 bits per heavy atom. The van der Waals surface area contributed by atoms with Crippen LogP contribution in [0.15, 0.2) is 23.1 Å². The zero-order valence-electron chi connectivity index (χ0n) is 11.4. The van der Waals surface area contributed by atoms with E-state index in [0.717, 1.165) is 19.2 Å². The Balaban J connectivity index is 2.23. The van der Waals surface area contributed by atoms with Crippen LogP contribution < -0.4 is 4.83 Å². The lowest BCUT2D eigenvalue weighted by molar-refractivity contribution is 0.0696. The molecule has 0 aliphatic carbocycles. The van der Waals surface area contributed by atoms with E-state index in [0.29, 0.717) is 13.1 Å². The van der Waals surface area contributed by atoms with Crippen molar-refractivity contribution >= 4 is 27.6 Å². The molecule has 7 nitrogen and oxygen atoms in total. The molecule has 0 amide bonds. The molecular formula is C12H16ClN3O4S. The molecule has 0 saturated carbocycles.